The predicted molar refractivity (Wildman–Crippen MR) is 216 cm³/mol. The first-order valence-electron chi connectivity index (χ1n) is 19.1. The maximum Gasteiger partial charge on any atom is 0.305 e. The van der Waals surface area contributed by atoms with E-state index in [1.807, 2.05) is 67.6 Å². The first-order chi connectivity index (χ1) is 27.8. The van der Waals surface area contributed by atoms with Crippen LogP contribution in [0, 0.1) is 6.92 Å². The fourth-order valence-electron chi connectivity index (χ4n) is 5.86. The standard InChI is InChI=1S/C42H55N5O10/c1-30-14-17-45-39(27-30)44-16-4-7-40(49)46-37(29-48)42(52)47-36(28-41(50)51)32-10-8-31(9-11-32)33-12-13-38(35-6-3-2-5-34(33)35)57-26-25-56-24-23-55-22-21-54-20-19-53-18-15-43/h2-3,5-6,8-14,17,27,36-37,48H,4,7,15-16,18-26,28-29,43H2,1H3,(H,44,45)(H,46,49)(H,47,52)(H,50,51)/t36-,37-/m0/s1. The van der Waals surface area contributed by atoms with Gasteiger partial charge in [-0.25, -0.2) is 4.98 Å². The highest BCUT2D eigenvalue weighted by Crippen LogP contribution is 2.35. The minimum Gasteiger partial charge on any atom is -0.491 e. The van der Waals surface area contributed by atoms with Crippen LogP contribution >= 0.6 is 0 Å². The summed E-state index contributed by atoms with van der Waals surface area (Å²) in [5, 5.41) is 29.9. The van der Waals surface area contributed by atoms with Crippen molar-refractivity contribution in [2.24, 2.45) is 5.73 Å². The number of carboxylic acids is 1. The predicted octanol–water partition coefficient (Wildman–Crippen LogP) is 3.62. The van der Waals surface area contributed by atoms with E-state index in [9.17, 15) is 24.6 Å². The highest BCUT2D eigenvalue weighted by Gasteiger charge is 2.25. The Morgan fingerprint density at radius 2 is 1.44 bits per heavy atom. The van der Waals surface area contributed by atoms with Crippen LogP contribution in [0.2, 0.25) is 0 Å². The number of aliphatic hydroxyl groups is 1. The number of aromatic nitrogens is 1. The van der Waals surface area contributed by atoms with Crippen molar-refractivity contribution in [3.8, 4) is 16.9 Å². The number of amides is 2. The van der Waals surface area contributed by atoms with Crippen molar-refractivity contribution < 1.29 is 48.3 Å². The van der Waals surface area contributed by atoms with E-state index in [0.717, 1.165) is 27.5 Å². The van der Waals surface area contributed by atoms with E-state index in [0.29, 0.717) is 96.1 Å². The summed E-state index contributed by atoms with van der Waals surface area (Å²) in [5.74, 6) is -0.810. The Kier molecular flexibility index (Phi) is 19.7. The Bertz CT molecular complexity index is 1830. The first-order valence-corrected chi connectivity index (χ1v) is 19.1. The molecule has 4 rings (SSSR count). The molecular weight excluding hydrogens is 734 g/mol. The van der Waals surface area contributed by atoms with Crippen LogP contribution in [-0.4, -0.2) is 118 Å². The molecule has 0 radical (unpaired) electrons. The summed E-state index contributed by atoms with van der Waals surface area (Å²) >= 11 is 0. The number of rotatable bonds is 28. The molecule has 0 unspecified atom stereocenters. The molecule has 15 nitrogen and oxygen atoms in total. The molecule has 7 N–H and O–H groups in total. The van der Waals surface area contributed by atoms with Crippen molar-refractivity contribution >= 4 is 34.4 Å². The van der Waals surface area contributed by atoms with Gasteiger partial charge in [-0.15, -0.1) is 0 Å². The number of fused-ring (bicyclic) bond motifs is 1. The SMILES string of the molecule is Cc1ccnc(NCCCC(=O)N[C@@H](CO)C(=O)N[C@@H](CC(=O)O)c2ccc(-c3ccc(OCCOCCOCCOCCOCCN)c4ccccc34)cc2)c1. The summed E-state index contributed by atoms with van der Waals surface area (Å²) in [6.07, 6.45) is 1.88. The Morgan fingerprint density at radius 1 is 0.789 bits per heavy atom. The molecule has 2 amide bonds. The molecular formula is C42H55N5O10. The number of nitrogens with two attached hydrogens (primary N) is 1. The summed E-state index contributed by atoms with van der Waals surface area (Å²) in [4.78, 5) is 41.8. The Morgan fingerprint density at radius 3 is 2.07 bits per heavy atom. The summed E-state index contributed by atoms with van der Waals surface area (Å²) in [5.41, 5.74) is 8.80. The molecule has 57 heavy (non-hydrogen) atoms. The molecule has 15 heteroatoms. The van der Waals surface area contributed by atoms with Crippen LogP contribution < -0.4 is 26.4 Å². The summed E-state index contributed by atoms with van der Waals surface area (Å²) in [6.45, 7) is 6.39. The van der Waals surface area contributed by atoms with Crippen molar-refractivity contribution in [2.45, 2.75) is 38.3 Å². The Labute approximate surface area is 333 Å². The largest absolute Gasteiger partial charge is 0.491 e. The highest BCUT2D eigenvalue weighted by molar-refractivity contribution is 6.00. The van der Waals surface area contributed by atoms with Gasteiger partial charge in [-0.05, 0) is 59.2 Å². The lowest BCUT2D eigenvalue weighted by Gasteiger charge is -2.22. The number of benzene rings is 3. The molecule has 4 aromatic rings. The van der Waals surface area contributed by atoms with Gasteiger partial charge in [-0.1, -0.05) is 54.6 Å². The van der Waals surface area contributed by atoms with Crippen LogP contribution in [-0.2, 0) is 33.3 Å². The van der Waals surface area contributed by atoms with Gasteiger partial charge in [0.25, 0.3) is 0 Å². The average molecular weight is 790 g/mol. The number of carbonyl (C=O) groups excluding carboxylic acids is 2. The van der Waals surface area contributed by atoms with Crippen molar-refractivity contribution in [3.63, 3.8) is 0 Å². The second kappa shape index (κ2) is 25.2. The number of hydrogen-bond acceptors (Lipinski definition) is 12. The lowest BCUT2D eigenvalue weighted by atomic mass is 9.95. The quantitative estimate of drug-likeness (QED) is 0.0455. The van der Waals surface area contributed by atoms with Crippen molar-refractivity contribution in [1.29, 1.82) is 0 Å². The van der Waals surface area contributed by atoms with E-state index in [-0.39, 0.29) is 6.42 Å². The monoisotopic (exact) mass is 789 g/mol. The maximum absolute atomic E-state index is 13.2. The highest BCUT2D eigenvalue weighted by atomic mass is 16.6. The minimum atomic E-state index is -1.25. The second-order valence-corrected chi connectivity index (χ2v) is 13.1. The van der Waals surface area contributed by atoms with Gasteiger partial charge in [0.05, 0.1) is 71.9 Å². The number of nitrogens with zero attached hydrogens (tertiary/aromatic N) is 1. The van der Waals surface area contributed by atoms with Gasteiger partial charge in [0.15, 0.2) is 0 Å². The number of nitrogens with one attached hydrogen (secondary N) is 3. The molecule has 0 aliphatic rings. The van der Waals surface area contributed by atoms with E-state index in [2.05, 4.69) is 20.9 Å². The maximum atomic E-state index is 13.2. The number of aryl methyl sites for hydroxylation is 1. The second-order valence-electron chi connectivity index (χ2n) is 13.1. The normalized spacial score (nSPS) is 12.2. The zero-order valence-corrected chi connectivity index (χ0v) is 32.5. The van der Waals surface area contributed by atoms with Gasteiger partial charge in [-0.3, -0.25) is 14.4 Å². The number of ether oxygens (including phenoxy) is 5. The number of carbonyl (C=O) groups is 3. The van der Waals surface area contributed by atoms with Gasteiger partial charge >= 0.3 is 5.97 Å². The zero-order valence-electron chi connectivity index (χ0n) is 32.5. The van der Waals surface area contributed by atoms with E-state index in [1.165, 1.54) is 0 Å². The Hall–Kier alpha value is -5.16. The smallest absolute Gasteiger partial charge is 0.305 e. The van der Waals surface area contributed by atoms with Crippen molar-refractivity contribution in [1.82, 2.24) is 15.6 Å². The number of hydrogen-bond donors (Lipinski definition) is 6. The molecule has 0 aliphatic carbocycles. The number of aliphatic hydroxyl groups excluding tert-OH is 1. The van der Waals surface area contributed by atoms with Gasteiger partial charge in [-0.2, -0.15) is 0 Å². The third-order valence-electron chi connectivity index (χ3n) is 8.70. The topological polar surface area (TPSA) is 213 Å². The molecule has 308 valence electrons. The number of carboxylic acid groups (broad SMARTS) is 1. The average Bonchev–Trinajstić information content (AvgIpc) is 3.21. The van der Waals surface area contributed by atoms with E-state index in [1.54, 1.807) is 18.3 Å². The molecule has 1 aromatic heterocycles. The molecule has 0 spiro atoms. The molecule has 1 heterocycles. The molecule has 0 fully saturated rings. The molecule has 0 saturated heterocycles. The van der Waals surface area contributed by atoms with Crippen LogP contribution in [0.15, 0.2) is 79.0 Å². The van der Waals surface area contributed by atoms with Crippen LogP contribution in [0.1, 0.15) is 36.4 Å². The van der Waals surface area contributed by atoms with Gasteiger partial charge < -0.3 is 55.6 Å². The molecule has 3 aromatic carbocycles. The van der Waals surface area contributed by atoms with Gasteiger partial charge in [0.2, 0.25) is 11.8 Å². The summed E-state index contributed by atoms with van der Waals surface area (Å²) in [7, 11) is 0. The zero-order chi connectivity index (χ0) is 40.7. The number of aliphatic carboxylic acids is 1. The van der Waals surface area contributed by atoms with Crippen LogP contribution in [0.25, 0.3) is 21.9 Å². The van der Waals surface area contributed by atoms with Crippen molar-refractivity contribution in [3.05, 3.63) is 90.1 Å². The van der Waals surface area contributed by atoms with Crippen LogP contribution in [0.3, 0.4) is 0 Å². The fourth-order valence-corrected chi connectivity index (χ4v) is 5.86. The fraction of sp³-hybridized carbons (Fsp3) is 0.429. The lowest BCUT2D eigenvalue weighted by molar-refractivity contribution is -0.138. The van der Waals surface area contributed by atoms with Gasteiger partial charge in [0, 0.05) is 31.1 Å². The van der Waals surface area contributed by atoms with Crippen molar-refractivity contribution in [2.75, 3.05) is 84.5 Å². The summed E-state index contributed by atoms with van der Waals surface area (Å²) < 4.78 is 27.9. The third-order valence-corrected chi connectivity index (χ3v) is 8.70. The molecule has 0 bridgehead atoms. The number of pyridine rings is 1. The van der Waals surface area contributed by atoms with E-state index in [4.69, 9.17) is 29.4 Å². The summed E-state index contributed by atoms with van der Waals surface area (Å²) in [6, 6.07) is 20.6. The molecule has 0 aliphatic heterocycles. The molecule has 0 saturated carbocycles. The van der Waals surface area contributed by atoms with E-state index < -0.39 is 42.9 Å². The lowest BCUT2D eigenvalue weighted by Crippen LogP contribution is -2.50. The van der Waals surface area contributed by atoms with Crippen LogP contribution in [0.4, 0.5) is 5.82 Å². The minimum absolute atomic E-state index is 0.111. The third kappa shape index (κ3) is 15.7. The van der Waals surface area contributed by atoms with Crippen LogP contribution in [0.5, 0.6) is 5.75 Å². The van der Waals surface area contributed by atoms with E-state index >= 15 is 0 Å². The first kappa shape index (κ1) is 44.6. The number of anilines is 1. The molecule has 2 atom stereocenters. The van der Waals surface area contributed by atoms with Gasteiger partial charge in [0.1, 0.15) is 24.2 Å². The Balaban J connectivity index is 1.26.